The average molecular weight is 158 g/mol. The van der Waals surface area contributed by atoms with Gasteiger partial charge in [-0.05, 0) is 34.4 Å². The van der Waals surface area contributed by atoms with Crippen LogP contribution in [-0.2, 0) is 0 Å². The first kappa shape index (κ1) is 10.9. The molecule has 68 valence electrons. The summed E-state index contributed by atoms with van der Waals surface area (Å²) >= 11 is 0. The van der Waals surface area contributed by atoms with Gasteiger partial charge >= 0.3 is 0 Å². The number of hydrogen-bond acceptors (Lipinski definition) is 2. The first-order valence-electron chi connectivity index (χ1n) is 4.52. The van der Waals surface area contributed by atoms with Gasteiger partial charge in [-0.15, -0.1) is 0 Å². The third kappa shape index (κ3) is 4.38. The largest absolute Gasteiger partial charge is 0.315 e. The quantitative estimate of drug-likeness (QED) is 0.649. The van der Waals surface area contributed by atoms with E-state index in [9.17, 15) is 0 Å². The molecule has 0 bridgehead atoms. The Hall–Kier alpha value is -0.0800. The number of likely N-dealkylation sites (N-methyl/N-ethyl adjacent to an activating group) is 2. The Morgan fingerprint density at radius 2 is 1.82 bits per heavy atom. The van der Waals surface area contributed by atoms with Gasteiger partial charge in [-0.2, -0.15) is 0 Å². The molecule has 0 aliphatic rings. The lowest BCUT2D eigenvalue weighted by molar-refractivity contribution is 0.204. The van der Waals surface area contributed by atoms with E-state index >= 15 is 0 Å². The number of rotatable bonds is 5. The minimum Gasteiger partial charge on any atom is -0.315 e. The van der Waals surface area contributed by atoms with E-state index in [-0.39, 0.29) is 0 Å². The lowest BCUT2D eigenvalue weighted by atomic mass is 10.2. The van der Waals surface area contributed by atoms with Crippen LogP contribution in [0.15, 0.2) is 0 Å². The lowest BCUT2D eigenvalue weighted by Gasteiger charge is -2.28. The van der Waals surface area contributed by atoms with Crippen LogP contribution >= 0.6 is 0 Å². The molecule has 0 heterocycles. The summed E-state index contributed by atoms with van der Waals surface area (Å²) in [6, 6.07) is 1.28. The van der Waals surface area contributed by atoms with Crippen LogP contribution in [0, 0.1) is 0 Å². The van der Waals surface area contributed by atoms with Gasteiger partial charge in [0.25, 0.3) is 0 Å². The molecule has 2 nitrogen and oxygen atoms in total. The van der Waals surface area contributed by atoms with Crippen molar-refractivity contribution in [2.24, 2.45) is 0 Å². The molecule has 2 heteroatoms. The standard InChI is InChI=1S/C9H22N2/c1-6-10-7-9(4)11(5)8(2)3/h8-10H,6-7H2,1-5H3. The molecule has 0 aliphatic heterocycles. The second-order valence-corrected chi connectivity index (χ2v) is 3.42. The van der Waals surface area contributed by atoms with E-state index in [1.54, 1.807) is 0 Å². The van der Waals surface area contributed by atoms with Gasteiger partial charge in [0.2, 0.25) is 0 Å². The lowest BCUT2D eigenvalue weighted by Crippen LogP contribution is -2.41. The number of hydrogen-bond donors (Lipinski definition) is 1. The van der Waals surface area contributed by atoms with E-state index < -0.39 is 0 Å². The predicted octanol–water partition coefficient (Wildman–Crippen LogP) is 1.32. The number of nitrogens with zero attached hydrogens (tertiary/aromatic N) is 1. The van der Waals surface area contributed by atoms with Crippen molar-refractivity contribution in [3.63, 3.8) is 0 Å². The molecule has 0 amide bonds. The molecule has 0 aromatic heterocycles. The fourth-order valence-electron chi connectivity index (χ4n) is 1.01. The van der Waals surface area contributed by atoms with Gasteiger partial charge in [-0.25, -0.2) is 0 Å². The molecule has 0 saturated carbocycles. The average Bonchev–Trinajstić information content (AvgIpc) is 1.98. The van der Waals surface area contributed by atoms with Gasteiger partial charge < -0.3 is 10.2 Å². The summed E-state index contributed by atoms with van der Waals surface area (Å²) in [5, 5.41) is 3.34. The molecule has 1 unspecified atom stereocenters. The van der Waals surface area contributed by atoms with Crippen molar-refractivity contribution in [2.75, 3.05) is 20.1 Å². The minimum atomic E-state index is 0.634. The fraction of sp³-hybridized carbons (Fsp3) is 1.00. The maximum Gasteiger partial charge on any atom is 0.0192 e. The van der Waals surface area contributed by atoms with Gasteiger partial charge in [-0.3, -0.25) is 0 Å². The molecule has 0 rings (SSSR count). The Kier molecular flexibility index (Phi) is 5.51. The van der Waals surface area contributed by atoms with E-state index in [1.165, 1.54) is 0 Å². The number of nitrogens with one attached hydrogen (secondary N) is 1. The molecular formula is C9H22N2. The van der Waals surface area contributed by atoms with Crippen molar-refractivity contribution < 1.29 is 0 Å². The van der Waals surface area contributed by atoms with Crippen LogP contribution in [0.5, 0.6) is 0 Å². The summed E-state index contributed by atoms with van der Waals surface area (Å²) in [6.45, 7) is 11.0. The third-order valence-corrected chi connectivity index (χ3v) is 2.20. The monoisotopic (exact) mass is 158 g/mol. The van der Waals surface area contributed by atoms with Crippen LogP contribution < -0.4 is 5.32 Å². The van der Waals surface area contributed by atoms with Gasteiger partial charge in [0.05, 0.1) is 0 Å². The van der Waals surface area contributed by atoms with Gasteiger partial charge in [-0.1, -0.05) is 6.92 Å². The summed E-state index contributed by atoms with van der Waals surface area (Å²) in [5.74, 6) is 0. The summed E-state index contributed by atoms with van der Waals surface area (Å²) < 4.78 is 0. The van der Waals surface area contributed by atoms with Crippen LogP contribution in [0.3, 0.4) is 0 Å². The van der Waals surface area contributed by atoms with Crippen LogP contribution in [0.25, 0.3) is 0 Å². The topological polar surface area (TPSA) is 15.3 Å². The van der Waals surface area contributed by atoms with E-state index in [4.69, 9.17) is 0 Å². The third-order valence-electron chi connectivity index (χ3n) is 2.20. The predicted molar refractivity (Wildman–Crippen MR) is 50.9 cm³/mol. The summed E-state index contributed by atoms with van der Waals surface area (Å²) in [7, 11) is 2.17. The van der Waals surface area contributed by atoms with Gasteiger partial charge in [0, 0.05) is 18.6 Å². The highest BCUT2D eigenvalue weighted by molar-refractivity contribution is 4.68. The van der Waals surface area contributed by atoms with Crippen molar-refractivity contribution in [1.82, 2.24) is 10.2 Å². The maximum atomic E-state index is 3.34. The molecule has 0 fully saturated rings. The highest BCUT2D eigenvalue weighted by atomic mass is 15.2. The van der Waals surface area contributed by atoms with Crippen molar-refractivity contribution >= 4 is 0 Å². The molecule has 1 atom stereocenters. The highest BCUT2D eigenvalue weighted by Gasteiger charge is 2.10. The van der Waals surface area contributed by atoms with Crippen LogP contribution in [0.1, 0.15) is 27.7 Å². The highest BCUT2D eigenvalue weighted by Crippen LogP contribution is 1.99. The van der Waals surface area contributed by atoms with Crippen molar-refractivity contribution in [1.29, 1.82) is 0 Å². The molecule has 0 aromatic carbocycles. The molecule has 0 radical (unpaired) electrons. The molecule has 1 N–H and O–H groups in total. The van der Waals surface area contributed by atoms with E-state index in [0.717, 1.165) is 13.1 Å². The fourth-order valence-corrected chi connectivity index (χ4v) is 1.01. The van der Waals surface area contributed by atoms with Crippen LogP contribution in [0.2, 0.25) is 0 Å². The zero-order chi connectivity index (χ0) is 8.85. The molecular weight excluding hydrogens is 136 g/mol. The molecule has 0 saturated heterocycles. The molecule has 0 aliphatic carbocycles. The first-order valence-corrected chi connectivity index (χ1v) is 4.52. The zero-order valence-electron chi connectivity index (χ0n) is 8.52. The Labute approximate surface area is 71.0 Å². The molecule has 0 spiro atoms. The zero-order valence-corrected chi connectivity index (χ0v) is 8.52. The van der Waals surface area contributed by atoms with E-state index in [0.29, 0.717) is 12.1 Å². The van der Waals surface area contributed by atoms with Crippen molar-refractivity contribution in [3.8, 4) is 0 Å². The molecule has 0 aromatic rings. The van der Waals surface area contributed by atoms with Gasteiger partial charge in [0.1, 0.15) is 0 Å². The van der Waals surface area contributed by atoms with Crippen LogP contribution in [0.4, 0.5) is 0 Å². The molecule has 11 heavy (non-hydrogen) atoms. The second-order valence-electron chi connectivity index (χ2n) is 3.42. The summed E-state index contributed by atoms with van der Waals surface area (Å²) in [6.07, 6.45) is 0. The Morgan fingerprint density at radius 1 is 1.27 bits per heavy atom. The summed E-state index contributed by atoms with van der Waals surface area (Å²) in [4.78, 5) is 2.38. The Balaban J connectivity index is 3.55. The smallest absolute Gasteiger partial charge is 0.0192 e. The second kappa shape index (κ2) is 5.56. The first-order chi connectivity index (χ1) is 5.09. The minimum absolute atomic E-state index is 0.634. The maximum absolute atomic E-state index is 3.34. The Bertz CT molecular complexity index is 91.6. The van der Waals surface area contributed by atoms with E-state index in [1.807, 2.05) is 0 Å². The Morgan fingerprint density at radius 3 is 2.18 bits per heavy atom. The van der Waals surface area contributed by atoms with Crippen LogP contribution in [-0.4, -0.2) is 37.1 Å². The SMILES string of the molecule is CCNCC(C)N(C)C(C)C. The van der Waals surface area contributed by atoms with Crippen molar-refractivity contribution in [2.45, 2.75) is 39.8 Å². The van der Waals surface area contributed by atoms with Crippen molar-refractivity contribution in [3.05, 3.63) is 0 Å². The normalized spacial score (nSPS) is 14.5. The summed E-state index contributed by atoms with van der Waals surface area (Å²) in [5.41, 5.74) is 0. The van der Waals surface area contributed by atoms with E-state index in [2.05, 4.69) is 45.0 Å². The van der Waals surface area contributed by atoms with Gasteiger partial charge in [0.15, 0.2) is 0 Å².